The average Bonchev–Trinajstić information content (AvgIpc) is 2.77. The number of alkyl halides is 6. The van der Waals surface area contributed by atoms with E-state index in [4.69, 9.17) is 0 Å². The lowest BCUT2D eigenvalue weighted by Crippen LogP contribution is -2.43. The second-order valence-corrected chi connectivity index (χ2v) is 9.51. The van der Waals surface area contributed by atoms with E-state index in [1.54, 1.807) is 18.2 Å². The maximum atomic E-state index is 12.3. The van der Waals surface area contributed by atoms with Crippen LogP contribution in [0.25, 0.3) is 0 Å². The second-order valence-electron chi connectivity index (χ2n) is 7.74. The van der Waals surface area contributed by atoms with Crippen LogP contribution in [0.1, 0.15) is 22.3 Å². The van der Waals surface area contributed by atoms with Crippen LogP contribution in [-0.2, 0) is 35.5 Å². The molecule has 2 aliphatic heterocycles. The first-order chi connectivity index (χ1) is 15.8. The van der Waals surface area contributed by atoms with Crippen molar-refractivity contribution in [2.45, 2.75) is 38.3 Å². The minimum atomic E-state index is -4.79. The van der Waals surface area contributed by atoms with E-state index in [1.165, 1.54) is 0 Å². The zero-order chi connectivity index (χ0) is 25.3. The Hall–Kier alpha value is -2.08. The van der Waals surface area contributed by atoms with Crippen molar-refractivity contribution in [3.05, 3.63) is 67.6 Å². The van der Waals surface area contributed by atoms with Gasteiger partial charge in [0.15, 0.2) is 0 Å². The molecule has 4 nitrogen and oxygen atoms in total. The number of carbonyl (C=O) groups is 2. The Morgan fingerprint density at radius 2 is 1.29 bits per heavy atom. The zero-order valence-electron chi connectivity index (χ0n) is 17.4. The van der Waals surface area contributed by atoms with Crippen LogP contribution in [-0.4, -0.2) is 47.1 Å². The molecular formula is C22H18Br2F6N2O2. The molecule has 184 valence electrons. The Kier molecular flexibility index (Phi) is 8.01. The highest BCUT2D eigenvalue weighted by Gasteiger charge is 2.44. The molecule has 0 spiro atoms. The largest absolute Gasteiger partial charge is 0.471 e. The SMILES string of the molecule is O=C(N1CCc2cc(Br)ccc2C1)C(F)(F)F.O=C(N1CCc2cccc(Br)c2C1)C(F)(F)F. The summed E-state index contributed by atoms with van der Waals surface area (Å²) >= 11 is 6.60. The Labute approximate surface area is 208 Å². The number of fused-ring (bicyclic) bond motifs is 2. The molecule has 2 amide bonds. The number of nitrogens with zero attached hydrogens (tertiary/aromatic N) is 2. The van der Waals surface area contributed by atoms with Gasteiger partial charge in [-0.05, 0) is 53.3 Å². The molecule has 0 unspecified atom stereocenters. The molecule has 2 aromatic rings. The smallest absolute Gasteiger partial charge is 0.330 e. The molecule has 0 radical (unpaired) electrons. The van der Waals surface area contributed by atoms with Crippen LogP contribution in [0.15, 0.2) is 45.3 Å². The van der Waals surface area contributed by atoms with Crippen molar-refractivity contribution in [1.29, 1.82) is 0 Å². The van der Waals surface area contributed by atoms with Gasteiger partial charge in [-0.1, -0.05) is 50.1 Å². The summed E-state index contributed by atoms with van der Waals surface area (Å²) < 4.78 is 75.4. The summed E-state index contributed by atoms with van der Waals surface area (Å²) in [4.78, 5) is 23.9. The lowest BCUT2D eigenvalue weighted by Gasteiger charge is -2.30. The highest BCUT2D eigenvalue weighted by atomic mass is 79.9. The van der Waals surface area contributed by atoms with Crippen LogP contribution < -0.4 is 0 Å². The summed E-state index contributed by atoms with van der Waals surface area (Å²) in [6.07, 6.45) is -8.67. The Morgan fingerprint density at radius 3 is 1.88 bits per heavy atom. The molecule has 2 heterocycles. The van der Waals surface area contributed by atoms with Gasteiger partial charge in [0, 0.05) is 35.1 Å². The van der Waals surface area contributed by atoms with Gasteiger partial charge in [0.1, 0.15) is 0 Å². The fraction of sp³-hybridized carbons (Fsp3) is 0.364. The molecule has 0 aromatic heterocycles. The first-order valence-corrected chi connectivity index (χ1v) is 11.6. The molecule has 12 heteroatoms. The first-order valence-electron chi connectivity index (χ1n) is 10.0. The number of benzene rings is 2. The van der Waals surface area contributed by atoms with Gasteiger partial charge in [-0.2, -0.15) is 26.3 Å². The van der Waals surface area contributed by atoms with Gasteiger partial charge >= 0.3 is 24.2 Å². The highest BCUT2D eigenvalue weighted by Crippen LogP contribution is 2.29. The van der Waals surface area contributed by atoms with E-state index >= 15 is 0 Å². The van der Waals surface area contributed by atoms with Gasteiger partial charge in [-0.25, -0.2) is 0 Å². The summed E-state index contributed by atoms with van der Waals surface area (Å²) in [6.45, 7) is 0.264. The van der Waals surface area contributed by atoms with Crippen LogP contribution in [0.2, 0.25) is 0 Å². The molecule has 0 atom stereocenters. The zero-order valence-corrected chi connectivity index (χ0v) is 20.6. The van der Waals surface area contributed by atoms with Gasteiger partial charge in [0.25, 0.3) is 0 Å². The van der Waals surface area contributed by atoms with Gasteiger partial charge in [0.05, 0.1) is 0 Å². The second kappa shape index (κ2) is 10.3. The fourth-order valence-electron chi connectivity index (χ4n) is 3.77. The van der Waals surface area contributed by atoms with Crippen molar-refractivity contribution in [3.8, 4) is 0 Å². The van der Waals surface area contributed by atoms with E-state index in [9.17, 15) is 35.9 Å². The van der Waals surface area contributed by atoms with E-state index in [0.29, 0.717) is 12.8 Å². The van der Waals surface area contributed by atoms with Gasteiger partial charge < -0.3 is 9.80 Å². The molecule has 0 N–H and O–H groups in total. The predicted molar refractivity (Wildman–Crippen MR) is 119 cm³/mol. The molecule has 0 fully saturated rings. The lowest BCUT2D eigenvalue weighted by atomic mass is 10.00. The Balaban J connectivity index is 0.000000191. The summed E-state index contributed by atoms with van der Waals surface area (Å²) in [5.74, 6) is -3.52. The summed E-state index contributed by atoms with van der Waals surface area (Å²) in [5.41, 5.74) is 3.52. The number of rotatable bonds is 0. The topological polar surface area (TPSA) is 40.6 Å². The number of amides is 2. The maximum Gasteiger partial charge on any atom is 0.471 e. The van der Waals surface area contributed by atoms with Crippen molar-refractivity contribution < 1.29 is 35.9 Å². The minimum absolute atomic E-state index is 0.00903. The fourth-order valence-corrected chi connectivity index (χ4v) is 4.71. The van der Waals surface area contributed by atoms with Gasteiger partial charge in [-0.15, -0.1) is 0 Å². The van der Waals surface area contributed by atoms with Gasteiger partial charge in [0.2, 0.25) is 0 Å². The molecule has 0 saturated carbocycles. The number of hydrogen-bond acceptors (Lipinski definition) is 2. The highest BCUT2D eigenvalue weighted by molar-refractivity contribution is 9.10. The minimum Gasteiger partial charge on any atom is -0.330 e. The molecule has 0 bridgehead atoms. The molecule has 2 aliphatic rings. The van der Waals surface area contributed by atoms with E-state index in [2.05, 4.69) is 31.9 Å². The summed E-state index contributed by atoms with van der Waals surface area (Å²) in [6, 6.07) is 10.9. The predicted octanol–water partition coefficient (Wildman–Crippen LogP) is 5.79. The molecule has 2 aromatic carbocycles. The standard InChI is InChI=1S/2C11H9BrF3NO/c12-9-2-1-8-6-16(4-3-7(8)5-9)10(17)11(13,14)15;12-9-3-1-2-7-4-5-16(6-8(7)9)10(17)11(13,14)15/h1-2,5H,3-4,6H2;1-3H,4-6H2. The average molecular weight is 616 g/mol. The van der Waals surface area contributed by atoms with Crippen molar-refractivity contribution >= 4 is 43.7 Å². The quantitative estimate of drug-likeness (QED) is 0.352. The third kappa shape index (κ3) is 6.32. The summed E-state index contributed by atoms with van der Waals surface area (Å²) in [7, 11) is 0. The van der Waals surface area contributed by atoms with Crippen LogP contribution in [0.4, 0.5) is 26.3 Å². The lowest BCUT2D eigenvalue weighted by molar-refractivity contribution is -0.186. The van der Waals surface area contributed by atoms with E-state index in [1.807, 2.05) is 18.2 Å². The van der Waals surface area contributed by atoms with Crippen LogP contribution in [0.3, 0.4) is 0 Å². The number of halogens is 8. The molecule has 4 rings (SSSR count). The van der Waals surface area contributed by atoms with Crippen LogP contribution in [0.5, 0.6) is 0 Å². The number of carbonyl (C=O) groups excluding carboxylic acids is 2. The molecular weight excluding hydrogens is 598 g/mol. The third-order valence-electron chi connectivity index (χ3n) is 5.46. The monoisotopic (exact) mass is 614 g/mol. The number of hydrogen-bond donors (Lipinski definition) is 0. The van der Waals surface area contributed by atoms with Crippen molar-refractivity contribution in [3.63, 3.8) is 0 Å². The van der Waals surface area contributed by atoms with Crippen LogP contribution in [0, 0.1) is 0 Å². The van der Waals surface area contributed by atoms with Crippen molar-refractivity contribution in [2.75, 3.05) is 13.1 Å². The molecule has 0 aliphatic carbocycles. The van der Waals surface area contributed by atoms with Gasteiger partial charge in [-0.3, -0.25) is 9.59 Å². The van der Waals surface area contributed by atoms with E-state index < -0.39 is 24.2 Å². The normalized spacial score (nSPS) is 15.6. The van der Waals surface area contributed by atoms with Crippen LogP contribution >= 0.6 is 31.9 Å². The van der Waals surface area contributed by atoms with Crippen molar-refractivity contribution in [2.24, 2.45) is 0 Å². The third-order valence-corrected chi connectivity index (χ3v) is 6.69. The van der Waals surface area contributed by atoms with Crippen molar-refractivity contribution in [1.82, 2.24) is 9.80 Å². The van der Waals surface area contributed by atoms with E-state index in [-0.39, 0.29) is 26.2 Å². The van der Waals surface area contributed by atoms with E-state index in [0.717, 1.165) is 41.0 Å². The Bertz CT molecular complexity index is 1090. The molecule has 34 heavy (non-hydrogen) atoms. The first kappa shape index (κ1) is 26.5. The maximum absolute atomic E-state index is 12.3. The Morgan fingerprint density at radius 1 is 0.735 bits per heavy atom. The summed E-state index contributed by atoms with van der Waals surface area (Å²) in [5, 5.41) is 0. The molecule has 0 saturated heterocycles.